The molecule has 0 saturated carbocycles. The van der Waals surface area contributed by atoms with Gasteiger partial charge < -0.3 is 5.11 Å². The first-order valence-corrected chi connectivity index (χ1v) is 6.25. The highest BCUT2D eigenvalue weighted by Gasteiger charge is 2.19. The van der Waals surface area contributed by atoms with E-state index < -0.39 is 6.10 Å². The summed E-state index contributed by atoms with van der Waals surface area (Å²) in [4.78, 5) is 4.30. The number of pyridine rings is 1. The van der Waals surface area contributed by atoms with Gasteiger partial charge in [0.25, 0.3) is 0 Å². The molecule has 1 unspecified atom stereocenters. The number of nitrogens with zero attached hydrogens (tertiary/aromatic N) is 3. The van der Waals surface area contributed by atoms with Crippen molar-refractivity contribution in [2.45, 2.75) is 33.4 Å². The average Bonchev–Trinajstić information content (AvgIpc) is 2.68. The van der Waals surface area contributed by atoms with Gasteiger partial charge in [-0.3, -0.25) is 9.67 Å². The lowest BCUT2D eigenvalue weighted by molar-refractivity contribution is 0.208. The number of aromatic nitrogens is 3. The van der Waals surface area contributed by atoms with Crippen LogP contribution in [0.2, 0.25) is 5.02 Å². The lowest BCUT2D eigenvalue weighted by atomic mass is 10.1. The first kappa shape index (κ1) is 13.1. The van der Waals surface area contributed by atoms with Crippen molar-refractivity contribution >= 4 is 11.6 Å². The molecule has 5 heteroatoms. The van der Waals surface area contributed by atoms with Gasteiger partial charge in [-0.15, -0.1) is 0 Å². The first-order valence-electron chi connectivity index (χ1n) is 5.87. The molecule has 0 fully saturated rings. The van der Waals surface area contributed by atoms with Crippen LogP contribution >= 0.6 is 11.6 Å². The molecule has 18 heavy (non-hydrogen) atoms. The third kappa shape index (κ3) is 2.40. The molecule has 4 nitrogen and oxygen atoms in total. The van der Waals surface area contributed by atoms with E-state index >= 15 is 0 Å². The smallest absolute Gasteiger partial charge is 0.122 e. The molecule has 0 radical (unpaired) electrons. The normalized spacial score (nSPS) is 12.7. The minimum absolute atomic E-state index is 0.483. The summed E-state index contributed by atoms with van der Waals surface area (Å²) in [5.74, 6) is 0. The Balaban J connectivity index is 2.47. The summed E-state index contributed by atoms with van der Waals surface area (Å²) in [5.41, 5.74) is 3.17. The van der Waals surface area contributed by atoms with Gasteiger partial charge in [0.05, 0.1) is 16.9 Å². The first-order chi connectivity index (χ1) is 8.52. The quantitative estimate of drug-likeness (QED) is 0.928. The van der Waals surface area contributed by atoms with Gasteiger partial charge in [-0.1, -0.05) is 11.6 Å². The highest BCUT2D eigenvalue weighted by Crippen LogP contribution is 2.28. The van der Waals surface area contributed by atoms with Crippen LogP contribution in [0.4, 0.5) is 0 Å². The fraction of sp³-hybridized carbons (Fsp3) is 0.385. The Hall–Kier alpha value is -1.39. The van der Waals surface area contributed by atoms with Crippen molar-refractivity contribution in [1.29, 1.82) is 0 Å². The van der Waals surface area contributed by atoms with Gasteiger partial charge in [0, 0.05) is 17.9 Å². The van der Waals surface area contributed by atoms with Gasteiger partial charge in [0.2, 0.25) is 0 Å². The molecule has 1 atom stereocenters. The standard InChI is InChI=1S/C13H16ClN3O/c1-4-17-12(11(14)7-15-17)13(18)10-5-8(2)16-9(3)6-10/h5-7,13,18H,4H2,1-3H3. The Labute approximate surface area is 111 Å². The number of aryl methyl sites for hydroxylation is 3. The molecular formula is C13H16ClN3O. The summed E-state index contributed by atoms with van der Waals surface area (Å²) in [6, 6.07) is 3.72. The maximum absolute atomic E-state index is 10.4. The van der Waals surface area contributed by atoms with Crippen molar-refractivity contribution < 1.29 is 5.11 Å². The number of hydrogen-bond donors (Lipinski definition) is 1. The molecule has 2 aromatic rings. The maximum atomic E-state index is 10.4. The van der Waals surface area contributed by atoms with Crippen LogP contribution in [0.15, 0.2) is 18.3 Å². The summed E-state index contributed by atoms with van der Waals surface area (Å²) in [6.45, 7) is 6.44. The predicted molar refractivity (Wildman–Crippen MR) is 70.7 cm³/mol. The van der Waals surface area contributed by atoms with Crippen LogP contribution in [0.1, 0.15) is 35.7 Å². The summed E-state index contributed by atoms with van der Waals surface area (Å²) >= 11 is 6.09. The lowest BCUT2D eigenvalue weighted by Gasteiger charge is -2.14. The highest BCUT2D eigenvalue weighted by atomic mass is 35.5. The van der Waals surface area contributed by atoms with E-state index in [1.165, 1.54) is 0 Å². The molecule has 0 saturated heterocycles. The minimum atomic E-state index is -0.777. The van der Waals surface area contributed by atoms with E-state index in [-0.39, 0.29) is 0 Å². The van der Waals surface area contributed by atoms with Gasteiger partial charge in [0.1, 0.15) is 6.10 Å². The van der Waals surface area contributed by atoms with Crippen molar-refractivity contribution in [1.82, 2.24) is 14.8 Å². The molecule has 1 N–H and O–H groups in total. The van der Waals surface area contributed by atoms with Gasteiger partial charge in [-0.05, 0) is 38.5 Å². The van der Waals surface area contributed by atoms with Crippen LogP contribution in [0.25, 0.3) is 0 Å². The number of rotatable bonds is 3. The molecule has 0 aliphatic rings. The van der Waals surface area contributed by atoms with Crippen LogP contribution in [-0.4, -0.2) is 19.9 Å². The van der Waals surface area contributed by atoms with Crippen LogP contribution in [0, 0.1) is 13.8 Å². The SMILES string of the molecule is CCn1ncc(Cl)c1C(O)c1cc(C)nc(C)c1. The van der Waals surface area contributed by atoms with Crippen LogP contribution in [-0.2, 0) is 6.54 Å². The van der Waals surface area contributed by atoms with Crippen molar-refractivity contribution in [2.75, 3.05) is 0 Å². The zero-order valence-corrected chi connectivity index (χ0v) is 11.4. The van der Waals surface area contributed by atoms with E-state index in [0.29, 0.717) is 17.3 Å². The zero-order valence-electron chi connectivity index (χ0n) is 10.7. The zero-order chi connectivity index (χ0) is 13.3. The topological polar surface area (TPSA) is 50.9 Å². The molecule has 96 valence electrons. The molecule has 0 amide bonds. The lowest BCUT2D eigenvalue weighted by Crippen LogP contribution is -2.10. The molecule has 0 aliphatic carbocycles. The third-order valence-corrected chi connectivity index (χ3v) is 3.10. The van der Waals surface area contributed by atoms with E-state index in [2.05, 4.69) is 10.1 Å². The summed E-state index contributed by atoms with van der Waals surface area (Å²) < 4.78 is 1.71. The van der Waals surface area contributed by atoms with E-state index in [1.54, 1.807) is 10.9 Å². The summed E-state index contributed by atoms with van der Waals surface area (Å²) in [7, 11) is 0. The average molecular weight is 266 g/mol. The van der Waals surface area contributed by atoms with Crippen LogP contribution in [0.5, 0.6) is 0 Å². The van der Waals surface area contributed by atoms with Crippen molar-refractivity contribution in [3.63, 3.8) is 0 Å². The Morgan fingerprint density at radius 1 is 1.33 bits per heavy atom. The van der Waals surface area contributed by atoms with Crippen LogP contribution < -0.4 is 0 Å². The van der Waals surface area contributed by atoms with Crippen molar-refractivity contribution in [3.05, 3.63) is 46.0 Å². The van der Waals surface area contributed by atoms with Gasteiger partial charge in [0.15, 0.2) is 0 Å². The monoisotopic (exact) mass is 265 g/mol. The molecule has 0 aliphatic heterocycles. The van der Waals surface area contributed by atoms with E-state index in [4.69, 9.17) is 11.6 Å². The largest absolute Gasteiger partial charge is 0.382 e. The van der Waals surface area contributed by atoms with E-state index in [9.17, 15) is 5.11 Å². The van der Waals surface area contributed by atoms with E-state index in [0.717, 1.165) is 17.0 Å². The highest BCUT2D eigenvalue weighted by molar-refractivity contribution is 6.31. The van der Waals surface area contributed by atoms with E-state index in [1.807, 2.05) is 32.9 Å². The van der Waals surface area contributed by atoms with Crippen LogP contribution in [0.3, 0.4) is 0 Å². The third-order valence-electron chi connectivity index (χ3n) is 2.81. The van der Waals surface area contributed by atoms with Crippen molar-refractivity contribution in [3.8, 4) is 0 Å². The Morgan fingerprint density at radius 2 is 1.94 bits per heavy atom. The summed E-state index contributed by atoms with van der Waals surface area (Å²) in [6.07, 6.45) is 0.783. The summed E-state index contributed by atoms with van der Waals surface area (Å²) in [5, 5.41) is 15.1. The molecule has 2 heterocycles. The fourth-order valence-electron chi connectivity index (χ4n) is 2.08. The van der Waals surface area contributed by atoms with Gasteiger partial charge >= 0.3 is 0 Å². The minimum Gasteiger partial charge on any atom is -0.382 e. The Morgan fingerprint density at radius 3 is 2.50 bits per heavy atom. The Kier molecular flexibility index (Phi) is 3.68. The van der Waals surface area contributed by atoms with Crippen molar-refractivity contribution in [2.24, 2.45) is 0 Å². The van der Waals surface area contributed by atoms with Gasteiger partial charge in [-0.25, -0.2) is 0 Å². The molecule has 2 rings (SSSR count). The maximum Gasteiger partial charge on any atom is 0.122 e. The second kappa shape index (κ2) is 5.08. The molecule has 0 spiro atoms. The number of aliphatic hydroxyl groups is 1. The number of halogens is 1. The van der Waals surface area contributed by atoms with Gasteiger partial charge in [-0.2, -0.15) is 5.10 Å². The fourth-order valence-corrected chi connectivity index (χ4v) is 2.32. The second-order valence-electron chi connectivity index (χ2n) is 4.28. The number of hydrogen-bond acceptors (Lipinski definition) is 3. The molecule has 0 bridgehead atoms. The second-order valence-corrected chi connectivity index (χ2v) is 4.69. The molecule has 2 aromatic heterocycles. The number of aliphatic hydroxyl groups excluding tert-OH is 1. The molecule has 0 aromatic carbocycles. The molecular weight excluding hydrogens is 250 g/mol. The predicted octanol–water partition coefficient (Wildman–Crippen LogP) is 2.65. The Bertz CT molecular complexity index is 545.